The number of esters is 2. The number of aliphatic imine (C=N–C) groups is 1. The normalized spacial score (nSPS) is 17.7. The summed E-state index contributed by atoms with van der Waals surface area (Å²) in [6, 6.07) is 0. The zero-order valence-corrected chi connectivity index (χ0v) is 16.6. The fourth-order valence-electron chi connectivity index (χ4n) is 3.14. The lowest BCUT2D eigenvalue weighted by Gasteiger charge is -2.34. The minimum Gasteiger partial charge on any atom is -0.466 e. The molecule has 1 aliphatic rings. The van der Waals surface area contributed by atoms with Gasteiger partial charge in [0.15, 0.2) is 5.96 Å². The van der Waals surface area contributed by atoms with Crippen LogP contribution in [0, 0.1) is 5.92 Å². The third-order valence-corrected chi connectivity index (χ3v) is 4.45. The summed E-state index contributed by atoms with van der Waals surface area (Å²) in [5, 5.41) is 3.38. The molecule has 1 aliphatic heterocycles. The first-order valence-electron chi connectivity index (χ1n) is 9.90. The molecule has 0 aliphatic carbocycles. The van der Waals surface area contributed by atoms with Gasteiger partial charge in [0, 0.05) is 33.1 Å². The van der Waals surface area contributed by atoms with Crippen LogP contribution in [0.3, 0.4) is 0 Å². The molecule has 0 radical (unpaired) electrons. The average Bonchev–Trinajstić information content (AvgIpc) is 2.64. The minimum absolute atomic E-state index is 0.0647. The smallest absolute Gasteiger partial charge is 0.310 e. The number of likely N-dealkylation sites (tertiary alicyclic amines) is 1. The molecule has 1 fully saturated rings. The highest BCUT2D eigenvalue weighted by Gasteiger charge is 2.28. The number of unbranched alkanes of at least 4 members (excludes halogenated alkanes) is 3. The molecule has 0 spiro atoms. The largest absolute Gasteiger partial charge is 0.466 e. The predicted octanol–water partition coefficient (Wildman–Crippen LogP) is 2.35. The monoisotopic (exact) mass is 369 g/mol. The summed E-state index contributed by atoms with van der Waals surface area (Å²) in [6.45, 7) is 6.97. The Morgan fingerprint density at radius 1 is 1.12 bits per heavy atom. The molecule has 150 valence electrons. The van der Waals surface area contributed by atoms with Crippen molar-refractivity contribution in [2.24, 2.45) is 10.9 Å². The lowest BCUT2D eigenvalue weighted by atomic mass is 9.98. The zero-order valence-electron chi connectivity index (χ0n) is 16.6. The summed E-state index contributed by atoms with van der Waals surface area (Å²) in [6.07, 6.45) is 6.34. The summed E-state index contributed by atoms with van der Waals surface area (Å²) in [5.41, 5.74) is 0. The van der Waals surface area contributed by atoms with Gasteiger partial charge in [-0.3, -0.25) is 14.6 Å². The molecule has 1 unspecified atom stereocenters. The molecule has 0 aromatic carbocycles. The Morgan fingerprint density at radius 2 is 1.85 bits per heavy atom. The van der Waals surface area contributed by atoms with Crippen LogP contribution in [-0.4, -0.2) is 62.7 Å². The fourth-order valence-corrected chi connectivity index (χ4v) is 3.14. The predicted molar refractivity (Wildman–Crippen MR) is 102 cm³/mol. The zero-order chi connectivity index (χ0) is 19.2. The van der Waals surface area contributed by atoms with Gasteiger partial charge >= 0.3 is 11.9 Å². The van der Waals surface area contributed by atoms with Crippen molar-refractivity contribution in [2.75, 3.05) is 39.9 Å². The first-order valence-corrected chi connectivity index (χ1v) is 9.90. The molecule has 0 saturated carbocycles. The third-order valence-electron chi connectivity index (χ3n) is 4.45. The van der Waals surface area contributed by atoms with Gasteiger partial charge in [0.05, 0.1) is 19.1 Å². The standard InChI is InChI=1S/C19H35N3O4/c1-4-25-17(23)12-8-6-7-9-13-21-19(20-3)22-14-10-11-16(15-22)18(24)26-5-2/h16H,4-15H2,1-3H3,(H,20,21). The van der Waals surface area contributed by atoms with E-state index in [9.17, 15) is 9.59 Å². The maximum atomic E-state index is 12.0. The van der Waals surface area contributed by atoms with E-state index < -0.39 is 0 Å². The maximum Gasteiger partial charge on any atom is 0.310 e. The van der Waals surface area contributed by atoms with E-state index in [4.69, 9.17) is 9.47 Å². The summed E-state index contributed by atoms with van der Waals surface area (Å²) in [7, 11) is 1.77. The second-order valence-electron chi connectivity index (χ2n) is 6.48. The van der Waals surface area contributed by atoms with Crippen molar-refractivity contribution >= 4 is 17.9 Å². The highest BCUT2D eigenvalue weighted by molar-refractivity contribution is 5.81. The van der Waals surface area contributed by atoms with E-state index in [-0.39, 0.29) is 17.9 Å². The third kappa shape index (κ3) is 8.54. The van der Waals surface area contributed by atoms with Crippen molar-refractivity contribution in [3.05, 3.63) is 0 Å². The summed E-state index contributed by atoms with van der Waals surface area (Å²) in [4.78, 5) is 29.7. The minimum atomic E-state index is -0.104. The molecular weight excluding hydrogens is 334 g/mol. The molecule has 0 amide bonds. The van der Waals surface area contributed by atoms with Gasteiger partial charge in [-0.25, -0.2) is 0 Å². The van der Waals surface area contributed by atoms with Gasteiger partial charge in [-0.15, -0.1) is 0 Å². The number of guanidine groups is 1. The average molecular weight is 370 g/mol. The van der Waals surface area contributed by atoms with Gasteiger partial charge in [0.2, 0.25) is 0 Å². The molecule has 1 N–H and O–H groups in total. The number of hydrogen-bond donors (Lipinski definition) is 1. The Labute approximate surface area is 157 Å². The van der Waals surface area contributed by atoms with Crippen molar-refractivity contribution in [1.82, 2.24) is 10.2 Å². The molecule has 0 bridgehead atoms. The van der Waals surface area contributed by atoms with Crippen LogP contribution in [-0.2, 0) is 19.1 Å². The van der Waals surface area contributed by atoms with Crippen LogP contribution < -0.4 is 5.32 Å². The van der Waals surface area contributed by atoms with Crippen LogP contribution >= 0.6 is 0 Å². The molecular formula is C19H35N3O4. The van der Waals surface area contributed by atoms with E-state index in [1.165, 1.54) is 0 Å². The molecule has 7 heteroatoms. The molecule has 1 atom stereocenters. The summed E-state index contributed by atoms with van der Waals surface area (Å²) >= 11 is 0. The lowest BCUT2D eigenvalue weighted by Crippen LogP contribution is -2.48. The quantitative estimate of drug-likeness (QED) is 0.276. The molecule has 0 aromatic heterocycles. The van der Waals surface area contributed by atoms with Gasteiger partial charge < -0.3 is 19.7 Å². The Balaban J connectivity index is 2.22. The van der Waals surface area contributed by atoms with Crippen LogP contribution in [0.4, 0.5) is 0 Å². The number of nitrogens with one attached hydrogen (secondary N) is 1. The second kappa shape index (κ2) is 13.4. The van der Waals surface area contributed by atoms with Gasteiger partial charge in [0.25, 0.3) is 0 Å². The van der Waals surface area contributed by atoms with Crippen molar-refractivity contribution < 1.29 is 19.1 Å². The summed E-state index contributed by atoms with van der Waals surface area (Å²) in [5.74, 6) is 0.581. The van der Waals surface area contributed by atoms with E-state index in [1.54, 1.807) is 7.05 Å². The first-order chi connectivity index (χ1) is 12.6. The number of piperidine rings is 1. The van der Waals surface area contributed by atoms with E-state index >= 15 is 0 Å². The highest BCUT2D eigenvalue weighted by Crippen LogP contribution is 2.18. The molecule has 0 aromatic rings. The van der Waals surface area contributed by atoms with Crippen LogP contribution in [0.1, 0.15) is 58.8 Å². The van der Waals surface area contributed by atoms with E-state index in [1.807, 2.05) is 13.8 Å². The van der Waals surface area contributed by atoms with Crippen LogP contribution in [0.2, 0.25) is 0 Å². The number of ether oxygens (including phenoxy) is 2. The SMILES string of the molecule is CCOC(=O)CCCCCCNC(=NC)N1CCCC(C(=O)OCC)C1. The van der Waals surface area contributed by atoms with Crippen LogP contribution in [0.25, 0.3) is 0 Å². The maximum absolute atomic E-state index is 12.0. The van der Waals surface area contributed by atoms with Crippen molar-refractivity contribution in [3.8, 4) is 0 Å². The first kappa shape index (κ1) is 22.3. The van der Waals surface area contributed by atoms with E-state index in [2.05, 4.69) is 15.2 Å². The molecule has 1 saturated heterocycles. The Bertz CT molecular complexity index is 454. The lowest BCUT2D eigenvalue weighted by molar-refractivity contribution is -0.149. The number of carbonyl (C=O) groups excluding carboxylic acids is 2. The number of nitrogens with zero attached hydrogens (tertiary/aromatic N) is 2. The molecule has 1 rings (SSSR count). The highest BCUT2D eigenvalue weighted by atomic mass is 16.5. The van der Waals surface area contributed by atoms with Crippen LogP contribution in [0.15, 0.2) is 4.99 Å². The van der Waals surface area contributed by atoms with Crippen molar-refractivity contribution in [2.45, 2.75) is 58.8 Å². The van der Waals surface area contributed by atoms with Gasteiger partial charge in [-0.1, -0.05) is 12.8 Å². The fraction of sp³-hybridized carbons (Fsp3) is 0.842. The molecule has 7 nitrogen and oxygen atoms in total. The van der Waals surface area contributed by atoms with E-state index in [0.29, 0.717) is 26.2 Å². The Morgan fingerprint density at radius 3 is 2.54 bits per heavy atom. The van der Waals surface area contributed by atoms with Crippen LogP contribution in [0.5, 0.6) is 0 Å². The van der Waals surface area contributed by atoms with Crippen molar-refractivity contribution in [3.63, 3.8) is 0 Å². The topological polar surface area (TPSA) is 80.2 Å². The number of hydrogen-bond acceptors (Lipinski definition) is 5. The van der Waals surface area contributed by atoms with Gasteiger partial charge in [0.1, 0.15) is 0 Å². The number of carbonyl (C=O) groups is 2. The Hall–Kier alpha value is -1.79. The van der Waals surface area contributed by atoms with Gasteiger partial charge in [-0.2, -0.15) is 0 Å². The Kier molecular flexibility index (Phi) is 11.5. The van der Waals surface area contributed by atoms with Gasteiger partial charge in [-0.05, 0) is 39.5 Å². The number of rotatable bonds is 10. The van der Waals surface area contributed by atoms with Crippen molar-refractivity contribution in [1.29, 1.82) is 0 Å². The van der Waals surface area contributed by atoms with E-state index in [0.717, 1.165) is 57.6 Å². The molecule has 1 heterocycles. The summed E-state index contributed by atoms with van der Waals surface area (Å²) < 4.78 is 10.1. The second-order valence-corrected chi connectivity index (χ2v) is 6.48. The molecule has 26 heavy (non-hydrogen) atoms.